The van der Waals surface area contributed by atoms with Gasteiger partial charge >= 0.3 is 0 Å². The van der Waals surface area contributed by atoms with Crippen LogP contribution in [0.3, 0.4) is 0 Å². The van der Waals surface area contributed by atoms with Crippen molar-refractivity contribution in [3.05, 3.63) is 52.0 Å². The molecule has 19 heavy (non-hydrogen) atoms. The Hall–Kier alpha value is -1.07. The van der Waals surface area contributed by atoms with Crippen LogP contribution in [0.2, 0.25) is 10.0 Å². The summed E-state index contributed by atoms with van der Waals surface area (Å²) in [4.78, 5) is 4.35. The fourth-order valence-corrected chi connectivity index (χ4v) is 2.31. The van der Waals surface area contributed by atoms with Crippen molar-refractivity contribution in [1.82, 2.24) is 15.0 Å². The van der Waals surface area contributed by atoms with Gasteiger partial charge in [0.1, 0.15) is 5.82 Å². The van der Waals surface area contributed by atoms with E-state index in [9.17, 15) is 0 Å². The van der Waals surface area contributed by atoms with Crippen LogP contribution < -0.4 is 11.3 Å². The third kappa shape index (κ3) is 3.28. The molecular formula is C13H16Cl2N4. The lowest BCUT2D eigenvalue weighted by Gasteiger charge is -2.17. The predicted octanol–water partition coefficient (Wildman–Crippen LogP) is 2.96. The van der Waals surface area contributed by atoms with Crippen molar-refractivity contribution < 1.29 is 0 Å². The van der Waals surface area contributed by atoms with Crippen LogP contribution in [0.15, 0.2) is 30.6 Å². The highest BCUT2D eigenvalue weighted by Crippen LogP contribution is 2.26. The van der Waals surface area contributed by atoms with Crippen molar-refractivity contribution in [2.24, 2.45) is 5.84 Å². The third-order valence-corrected chi connectivity index (χ3v) is 3.82. The lowest BCUT2D eigenvalue weighted by Crippen LogP contribution is -2.30. The molecule has 102 valence electrons. The Labute approximate surface area is 122 Å². The number of aryl methyl sites for hydroxylation is 1. The molecular weight excluding hydrogens is 283 g/mol. The number of halogens is 2. The molecule has 0 amide bonds. The summed E-state index contributed by atoms with van der Waals surface area (Å²) in [6, 6.07) is 5.46. The molecule has 3 N–H and O–H groups in total. The van der Waals surface area contributed by atoms with E-state index in [4.69, 9.17) is 29.0 Å². The zero-order valence-corrected chi connectivity index (χ0v) is 12.1. The minimum Gasteiger partial charge on any atom is -0.335 e. The number of aromatic nitrogens is 2. The number of nitrogens with two attached hydrogens (primary N) is 1. The molecule has 1 aromatic heterocycles. The predicted molar refractivity (Wildman–Crippen MR) is 78.1 cm³/mol. The second kappa shape index (κ2) is 6.39. The van der Waals surface area contributed by atoms with E-state index in [0.29, 0.717) is 16.5 Å². The highest BCUT2D eigenvalue weighted by molar-refractivity contribution is 6.42. The van der Waals surface area contributed by atoms with Gasteiger partial charge in [-0.3, -0.25) is 11.3 Å². The van der Waals surface area contributed by atoms with Gasteiger partial charge in [-0.2, -0.15) is 0 Å². The third-order valence-electron chi connectivity index (χ3n) is 3.08. The molecule has 0 fully saturated rings. The molecule has 2 aromatic rings. The Morgan fingerprint density at radius 1 is 1.37 bits per heavy atom. The van der Waals surface area contributed by atoms with Crippen LogP contribution in [0.25, 0.3) is 0 Å². The first-order valence-electron chi connectivity index (χ1n) is 6.06. The second-order valence-corrected chi connectivity index (χ2v) is 5.04. The fourth-order valence-electron chi connectivity index (χ4n) is 2.00. The summed E-state index contributed by atoms with van der Waals surface area (Å²) >= 11 is 12.0. The molecule has 1 aromatic carbocycles. The van der Waals surface area contributed by atoms with E-state index in [-0.39, 0.29) is 6.04 Å². The number of hydrogen-bond acceptors (Lipinski definition) is 3. The number of hydrazine groups is 1. The monoisotopic (exact) mass is 298 g/mol. The Balaban J connectivity index is 2.22. The standard InChI is InChI=1S/C13H16Cl2N4/c1-2-19-6-5-17-13(19)8-12(18-16)9-3-4-10(14)11(15)7-9/h3-7,12,18H,2,8,16H2,1H3. The molecule has 0 aliphatic rings. The number of nitrogens with one attached hydrogen (secondary N) is 1. The van der Waals surface area contributed by atoms with Crippen molar-refractivity contribution in [1.29, 1.82) is 0 Å². The Kier molecular flexibility index (Phi) is 4.82. The summed E-state index contributed by atoms with van der Waals surface area (Å²) < 4.78 is 2.09. The first kappa shape index (κ1) is 14.3. The van der Waals surface area contributed by atoms with Crippen molar-refractivity contribution in [2.75, 3.05) is 0 Å². The van der Waals surface area contributed by atoms with Gasteiger partial charge in [-0.25, -0.2) is 4.98 Å². The fraction of sp³-hybridized carbons (Fsp3) is 0.308. The van der Waals surface area contributed by atoms with E-state index in [1.165, 1.54) is 0 Å². The van der Waals surface area contributed by atoms with Crippen molar-refractivity contribution >= 4 is 23.2 Å². The van der Waals surface area contributed by atoms with Crippen LogP contribution in [0, 0.1) is 0 Å². The maximum absolute atomic E-state index is 6.03. The Morgan fingerprint density at radius 3 is 2.79 bits per heavy atom. The number of benzene rings is 1. The minimum absolute atomic E-state index is 0.0533. The van der Waals surface area contributed by atoms with E-state index in [1.807, 2.05) is 18.3 Å². The minimum atomic E-state index is -0.0533. The van der Waals surface area contributed by atoms with E-state index in [0.717, 1.165) is 17.9 Å². The first-order valence-corrected chi connectivity index (χ1v) is 6.82. The molecule has 4 nitrogen and oxygen atoms in total. The van der Waals surface area contributed by atoms with Crippen LogP contribution in [0.4, 0.5) is 0 Å². The molecule has 0 saturated carbocycles. The van der Waals surface area contributed by atoms with E-state index in [2.05, 4.69) is 21.9 Å². The molecule has 1 heterocycles. The number of imidazole rings is 1. The summed E-state index contributed by atoms with van der Waals surface area (Å²) in [7, 11) is 0. The van der Waals surface area contributed by atoms with Gasteiger partial charge < -0.3 is 4.57 Å². The average molecular weight is 299 g/mol. The lowest BCUT2D eigenvalue weighted by atomic mass is 10.0. The van der Waals surface area contributed by atoms with Crippen LogP contribution in [0.1, 0.15) is 24.4 Å². The van der Waals surface area contributed by atoms with Crippen LogP contribution in [-0.4, -0.2) is 9.55 Å². The van der Waals surface area contributed by atoms with Gasteiger partial charge in [0.05, 0.1) is 16.1 Å². The summed E-state index contributed by atoms with van der Waals surface area (Å²) in [5.74, 6) is 6.62. The average Bonchev–Trinajstić information content (AvgIpc) is 2.86. The molecule has 0 spiro atoms. The number of rotatable bonds is 5. The van der Waals surface area contributed by atoms with E-state index < -0.39 is 0 Å². The van der Waals surface area contributed by atoms with E-state index in [1.54, 1.807) is 12.3 Å². The SMILES string of the molecule is CCn1ccnc1CC(NN)c1ccc(Cl)c(Cl)c1. The molecule has 0 radical (unpaired) electrons. The number of nitrogens with zero attached hydrogens (tertiary/aromatic N) is 2. The van der Waals surface area contributed by atoms with Crippen LogP contribution >= 0.6 is 23.2 Å². The smallest absolute Gasteiger partial charge is 0.110 e. The molecule has 2 rings (SSSR count). The largest absolute Gasteiger partial charge is 0.335 e. The Bertz CT molecular complexity index is 553. The van der Waals surface area contributed by atoms with Gasteiger partial charge in [-0.1, -0.05) is 29.3 Å². The zero-order chi connectivity index (χ0) is 13.8. The summed E-state index contributed by atoms with van der Waals surface area (Å²) in [5, 5.41) is 1.06. The molecule has 0 aliphatic carbocycles. The number of hydrogen-bond donors (Lipinski definition) is 2. The molecule has 0 aliphatic heterocycles. The normalized spacial score (nSPS) is 12.6. The summed E-state index contributed by atoms with van der Waals surface area (Å²) in [6.45, 7) is 2.96. The van der Waals surface area contributed by atoms with Crippen LogP contribution in [-0.2, 0) is 13.0 Å². The maximum atomic E-state index is 6.03. The van der Waals surface area contributed by atoms with Crippen molar-refractivity contribution in [3.8, 4) is 0 Å². The van der Waals surface area contributed by atoms with Crippen LogP contribution in [0.5, 0.6) is 0 Å². The molecule has 6 heteroatoms. The second-order valence-electron chi connectivity index (χ2n) is 4.23. The van der Waals surface area contributed by atoms with Gasteiger partial charge in [-0.15, -0.1) is 0 Å². The highest BCUT2D eigenvalue weighted by atomic mass is 35.5. The molecule has 1 atom stereocenters. The van der Waals surface area contributed by atoms with Gasteiger partial charge in [0.15, 0.2) is 0 Å². The summed E-state index contributed by atoms with van der Waals surface area (Å²) in [6.07, 6.45) is 4.44. The molecule has 0 bridgehead atoms. The maximum Gasteiger partial charge on any atom is 0.110 e. The molecule has 0 saturated heterocycles. The van der Waals surface area contributed by atoms with Gasteiger partial charge in [0.2, 0.25) is 0 Å². The summed E-state index contributed by atoms with van der Waals surface area (Å²) in [5.41, 5.74) is 3.79. The highest BCUT2D eigenvalue weighted by Gasteiger charge is 2.14. The Morgan fingerprint density at radius 2 is 2.16 bits per heavy atom. The van der Waals surface area contributed by atoms with Gasteiger partial charge in [-0.05, 0) is 24.6 Å². The van der Waals surface area contributed by atoms with E-state index >= 15 is 0 Å². The van der Waals surface area contributed by atoms with Crippen molar-refractivity contribution in [2.45, 2.75) is 25.9 Å². The van der Waals surface area contributed by atoms with Crippen molar-refractivity contribution in [3.63, 3.8) is 0 Å². The first-order chi connectivity index (χ1) is 9.15. The molecule has 1 unspecified atom stereocenters. The lowest BCUT2D eigenvalue weighted by molar-refractivity contribution is 0.523. The van der Waals surface area contributed by atoms with Gasteiger partial charge in [0, 0.05) is 25.4 Å². The zero-order valence-electron chi connectivity index (χ0n) is 10.6. The van der Waals surface area contributed by atoms with Gasteiger partial charge in [0.25, 0.3) is 0 Å². The quantitative estimate of drug-likeness (QED) is 0.659. The topological polar surface area (TPSA) is 55.9 Å².